The summed E-state index contributed by atoms with van der Waals surface area (Å²) in [4.78, 5) is 26.4. The van der Waals surface area contributed by atoms with E-state index >= 15 is 0 Å². The summed E-state index contributed by atoms with van der Waals surface area (Å²) in [5.41, 5.74) is 1.03. The van der Waals surface area contributed by atoms with Crippen LogP contribution in [0.2, 0.25) is 0 Å². The molecule has 2 fully saturated rings. The largest absolute Gasteiger partial charge is 0.371 e. The lowest BCUT2D eigenvalue weighted by atomic mass is 10.1. The predicted molar refractivity (Wildman–Crippen MR) is 97.7 cm³/mol. The molecule has 6 nitrogen and oxygen atoms in total. The van der Waals surface area contributed by atoms with E-state index < -0.39 is 0 Å². The zero-order valence-electron chi connectivity index (χ0n) is 14.6. The number of ether oxygens (including phenoxy) is 1. The molecule has 136 valence electrons. The number of nitrogens with zero attached hydrogens (tertiary/aromatic N) is 2. The fourth-order valence-corrected chi connectivity index (χ4v) is 3.87. The molecule has 2 aliphatic heterocycles. The molecule has 6 heteroatoms. The fraction of sp³-hybridized carbons (Fsp3) is 0.400. The standard InChI is InChI=1S/C20H23N3O3/c24-19(13-22-9-5-4-8-20(22)25)21-16-10-17-14-26-18(12-23(17)11-16)15-6-2-1-3-7-15/h1-9,16-18H,10-14H2,(H,21,24)/t16-,17+,18-/m1/s1. The van der Waals surface area contributed by atoms with Gasteiger partial charge in [0.2, 0.25) is 5.91 Å². The highest BCUT2D eigenvalue weighted by atomic mass is 16.5. The second kappa shape index (κ2) is 7.43. The van der Waals surface area contributed by atoms with Gasteiger partial charge in [0.05, 0.1) is 12.7 Å². The Morgan fingerprint density at radius 3 is 2.73 bits per heavy atom. The number of rotatable bonds is 4. The van der Waals surface area contributed by atoms with Crippen LogP contribution in [0.25, 0.3) is 0 Å². The van der Waals surface area contributed by atoms with Gasteiger partial charge < -0.3 is 14.6 Å². The van der Waals surface area contributed by atoms with Crippen LogP contribution in [0.5, 0.6) is 0 Å². The number of carbonyl (C=O) groups excluding carboxylic acids is 1. The van der Waals surface area contributed by atoms with Gasteiger partial charge in [0, 0.05) is 37.4 Å². The Morgan fingerprint density at radius 2 is 1.92 bits per heavy atom. The molecule has 3 heterocycles. The predicted octanol–water partition coefficient (Wildman–Crippen LogP) is 1.18. The molecule has 26 heavy (non-hydrogen) atoms. The van der Waals surface area contributed by atoms with Crippen LogP contribution in [0.1, 0.15) is 18.1 Å². The van der Waals surface area contributed by atoms with E-state index in [1.165, 1.54) is 16.2 Å². The van der Waals surface area contributed by atoms with Crippen molar-refractivity contribution < 1.29 is 9.53 Å². The molecule has 1 aromatic heterocycles. The first kappa shape index (κ1) is 17.0. The van der Waals surface area contributed by atoms with E-state index in [0.29, 0.717) is 12.6 Å². The molecule has 1 N–H and O–H groups in total. The maximum atomic E-state index is 12.3. The van der Waals surface area contributed by atoms with Gasteiger partial charge in [0.15, 0.2) is 0 Å². The molecular weight excluding hydrogens is 330 g/mol. The second-order valence-electron chi connectivity index (χ2n) is 7.01. The normalized spacial score (nSPS) is 25.6. The summed E-state index contributed by atoms with van der Waals surface area (Å²) in [6, 6.07) is 15.6. The van der Waals surface area contributed by atoms with Crippen molar-refractivity contribution >= 4 is 5.91 Å². The van der Waals surface area contributed by atoms with Crippen LogP contribution >= 0.6 is 0 Å². The smallest absolute Gasteiger partial charge is 0.250 e. The summed E-state index contributed by atoms with van der Waals surface area (Å²) in [7, 11) is 0. The topological polar surface area (TPSA) is 63.6 Å². The number of amides is 1. The number of aromatic nitrogens is 1. The van der Waals surface area contributed by atoms with Crippen LogP contribution in [-0.2, 0) is 16.1 Å². The quantitative estimate of drug-likeness (QED) is 0.897. The van der Waals surface area contributed by atoms with Crippen molar-refractivity contribution in [2.45, 2.75) is 31.2 Å². The molecule has 4 rings (SSSR count). The third kappa shape index (κ3) is 3.71. The number of nitrogens with one attached hydrogen (secondary N) is 1. The number of carbonyl (C=O) groups is 1. The van der Waals surface area contributed by atoms with Crippen molar-refractivity contribution in [3.8, 4) is 0 Å². The minimum atomic E-state index is -0.161. The van der Waals surface area contributed by atoms with Crippen LogP contribution in [0.3, 0.4) is 0 Å². The Hall–Kier alpha value is -2.44. The molecule has 0 bridgehead atoms. The van der Waals surface area contributed by atoms with Crippen LogP contribution in [0.4, 0.5) is 0 Å². The third-order valence-corrected chi connectivity index (χ3v) is 5.17. The molecule has 0 unspecified atom stereocenters. The lowest BCUT2D eigenvalue weighted by Crippen LogP contribution is -2.43. The van der Waals surface area contributed by atoms with Crippen LogP contribution in [0, 0.1) is 0 Å². The number of fused-ring (bicyclic) bond motifs is 1. The lowest BCUT2D eigenvalue weighted by molar-refractivity contribution is -0.122. The van der Waals surface area contributed by atoms with Gasteiger partial charge in [-0.2, -0.15) is 0 Å². The SMILES string of the molecule is O=C(Cn1ccccc1=O)N[C@@H]1C[C@H]2CO[C@@H](c3ccccc3)CN2C1. The van der Waals surface area contributed by atoms with Crippen molar-refractivity contribution in [2.75, 3.05) is 19.7 Å². The minimum absolute atomic E-state index is 0.0595. The highest BCUT2D eigenvalue weighted by Gasteiger charge is 2.38. The van der Waals surface area contributed by atoms with Gasteiger partial charge in [0.1, 0.15) is 6.54 Å². The number of hydrogen-bond acceptors (Lipinski definition) is 4. The van der Waals surface area contributed by atoms with Crippen LogP contribution in [0.15, 0.2) is 59.5 Å². The van der Waals surface area contributed by atoms with Gasteiger partial charge in [-0.25, -0.2) is 0 Å². The van der Waals surface area contributed by atoms with Crippen LogP contribution in [-0.4, -0.2) is 47.2 Å². The number of pyridine rings is 1. The third-order valence-electron chi connectivity index (χ3n) is 5.17. The second-order valence-corrected chi connectivity index (χ2v) is 7.01. The van der Waals surface area contributed by atoms with Crippen molar-refractivity contribution in [3.05, 3.63) is 70.6 Å². The van der Waals surface area contributed by atoms with Gasteiger partial charge in [-0.1, -0.05) is 36.4 Å². The van der Waals surface area contributed by atoms with E-state index in [1.54, 1.807) is 18.3 Å². The molecule has 2 aliphatic rings. The first-order valence-electron chi connectivity index (χ1n) is 9.04. The maximum Gasteiger partial charge on any atom is 0.250 e. The Balaban J connectivity index is 1.33. The van der Waals surface area contributed by atoms with Crippen molar-refractivity contribution in [1.82, 2.24) is 14.8 Å². The molecule has 2 saturated heterocycles. The van der Waals surface area contributed by atoms with E-state index in [1.807, 2.05) is 18.2 Å². The average molecular weight is 353 g/mol. The minimum Gasteiger partial charge on any atom is -0.371 e. The van der Waals surface area contributed by atoms with E-state index in [-0.39, 0.29) is 30.2 Å². The Labute approximate surface area is 152 Å². The zero-order chi connectivity index (χ0) is 17.9. The van der Waals surface area contributed by atoms with Crippen LogP contribution < -0.4 is 10.9 Å². The van der Waals surface area contributed by atoms with Gasteiger partial charge >= 0.3 is 0 Å². The number of morpholine rings is 1. The highest BCUT2D eigenvalue weighted by Crippen LogP contribution is 2.30. The first-order valence-corrected chi connectivity index (χ1v) is 9.04. The summed E-state index contributed by atoms with van der Waals surface area (Å²) in [5, 5.41) is 3.07. The average Bonchev–Trinajstić information content (AvgIpc) is 3.05. The molecule has 3 atom stereocenters. The molecule has 0 radical (unpaired) electrons. The van der Waals surface area contributed by atoms with E-state index in [9.17, 15) is 9.59 Å². The summed E-state index contributed by atoms with van der Waals surface area (Å²) in [6.45, 7) is 2.42. The van der Waals surface area contributed by atoms with Gasteiger partial charge in [-0.05, 0) is 18.1 Å². The van der Waals surface area contributed by atoms with Crippen molar-refractivity contribution in [2.24, 2.45) is 0 Å². The van der Waals surface area contributed by atoms with Gasteiger partial charge in [-0.15, -0.1) is 0 Å². The van der Waals surface area contributed by atoms with E-state index in [0.717, 1.165) is 19.5 Å². The van der Waals surface area contributed by atoms with Gasteiger partial charge in [0.25, 0.3) is 5.56 Å². The lowest BCUT2D eigenvalue weighted by Gasteiger charge is -2.35. The molecule has 0 saturated carbocycles. The molecule has 0 aliphatic carbocycles. The first-order chi connectivity index (χ1) is 12.7. The maximum absolute atomic E-state index is 12.3. The molecule has 0 spiro atoms. The summed E-state index contributed by atoms with van der Waals surface area (Å²) < 4.78 is 7.47. The van der Waals surface area contributed by atoms with E-state index in [4.69, 9.17) is 4.74 Å². The molecule has 1 amide bonds. The summed E-state index contributed by atoms with van der Waals surface area (Å²) in [5.74, 6) is -0.122. The molecular formula is C20H23N3O3. The number of benzene rings is 1. The number of hydrogen-bond donors (Lipinski definition) is 1. The molecule has 1 aromatic carbocycles. The fourth-order valence-electron chi connectivity index (χ4n) is 3.87. The molecule has 2 aromatic rings. The Morgan fingerprint density at radius 1 is 1.12 bits per heavy atom. The monoisotopic (exact) mass is 353 g/mol. The Kier molecular flexibility index (Phi) is 4.86. The summed E-state index contributed by atoms with van der Waals surface area (Å²) >= 11 is 0. The summed E-state index contributed by atoms with van der Waals surface area (Å²) in [6.07, 6.45) is 2.61. The Bertz CT molecular complexity index is 820. The highest BCUT2D eigenvalue weighted by molar-refractivity contribution is 5.76. The van der Waals surface area contributed by atoms with Crippen molar-refractivity contribution in [3.63, 3.8) is 0 Å². The van der Waals surface area contributed by atoms with Gasteiger partial charge in [-0.3, -0.25) is 14.5 Å². The van der Waals surface area contributed by atoms with Crippen molar-refractivity contribution in [1.29, 1.82) is 0 Å². The van der Waals surface area contributed by atoms with E-state index in [2.05, 4.69) is 22.3 Å². The zero-order valence-corrected chi connectivity index (χ0v) is 14.6.